The summed E-state index contributed by atoms with van der Waals surface area (Å²) in [6.45, 7) is 4.22. The molecule has 0 amide bonds. The highest BCUT2D eigenvalue weighted by Gasteiger charge is 2.07. The summed E-state index contributed by atoms with van der Waals surface area (Å²) in [5.41, 5.74) is 12.7. The molecule has 3 heteroatoms. The van der Waals surface area contributed by atoms with Crippen LogP contribution in [0.4, 0.5) is 5.69 Å². The van der Waals surface area contributed by atoms with E-state index in [1.165, 1.54) is 16.7 Å². The fourth-order valence-corrected chi connectivity index (χ4v) is 2.66. The van der Waals surface area contributed by atoms with Gasteiger partial charge in [-0.15, -0.1) is 0 Å². The summed E-state index contributed by atoms with van der Waals surface area (Å²) in [5.74, 6) is 1.02. The van der Waals surface area contributed by atoms with Gasteiger partial charge in [0, 0.05) is 12.1 Å². The van der Waals surface area contributed by atoms with Crippen molar-refractivity contribution in [1.29, 1.82) is 0 Å². The van der Waals surface area contributed by atoms with Crippen LogP contribution in [0.5, 0.6) is 0 Å². The van der Waals surface area contributed by atoms with Gasteiger partial charge < -0.3 is 10.7 Å². The van der Waals surface area contributed by atoms with Crippen molar-refractivity contribution in [3.63, 3.8) is 0 Å². The number of benzene rings is 2. The van der Waals surface area contributed by atoms with Crippen LogP contribution >= 0.6 is 0 Å². The number of H-pyrrole nitrogens is 1. The minimum Gasteiger partial charge on any atom is -0.399 e. The van der Waals surface area contributed by atoms with Crippen molar-refractivity contribution in [2.24, 2.45) is 0 Å². The van der Waals surface area contributed by atoms with Gasteiger partial charge in [0.2, 0.25) is 0 Å². The largest absolute Gasteiger partial charge is 0.399 e. The highest BCUT2D eigenvalue weighted by molar-refractivity contribution is 5.79. The minimum absolute atomic E-state index is 0.857. The third-order valence-electron chi connectivity index (χ3n) is 3.66. The Balaban J connectivity index is 1.85. The van der Waals surface area contributed by atoms with Crippen LogP contribution in [0.25, 0.3) is 11.0 Å². The molecular formula is C17H19N3. The van der Waals surface area contributed by atoms with Crippen LogP contribution in [0.2, 0.25) is 0 Å². The molecule has 0 unspecified atom stereocenters. The van der Waals surface area contributed by atoms with Crippen LogP contribution in [-0.2, 0) is 12.8 Å². The summed E-state index contributed by atoms with van der Waals surface area (Å²) in [5, 5.41) is 0. The zero-order valence-electron chi connectivity index (χ0n) is 11.9. The van der Waals surface area contributed by atoms with Crippen molar-refractivity contribution in [1.82, 2.24) is 9.97 Å². The second kappa shape index (κ2) is 5.00. The van der Waals surface area contributed by atoms with Gasteiger partial charge in [0.25, 0.3) is 0 Å². The lowest BCUT2D eigenvalue weighted by Gasteiger charge is -2.03. The molecule has 0 bridgehead atoms. The molecule has 1 aromatic heterocycles. The van der Waals surface area contributed by atoms with Crippen LogP contribution < -0.4 is 5.73 Å². The fraction of sp³-hybridized carbons (Fsp3) is 0.235. The SMILES string of the molecule is Cc1cc(C)c2nc(CCc3ccccc3N)[nH]c2c1. The molecule has 0 spiro atoms. The van der Waals surface area contributed by atoms with E-state index in [0.29, 0.717) is 0 Å². The van der Waals surface area contributed by atoms with Crippen molar-refractivity contribution >= 4 is 16.7 Å². The molecule has 3 rings (SSSR count). The van der Waals surface area contributed by atoms with E-state index in [1.807, 2.05) is 18.2 Å². The number of nitrogens with zero attached hydrogens (tertiary/aromatic N) is 1. The van der Waals surface area contributed by atoms with E-state index in [9.17, 15) is 0 Å². The Bertz CT molecular complexity index is 756. The quantitative estimate of drug-likeness (QED) is 0.712. The van der Waals surface area contributed by atoms with Gasteiger partial charge in [-0.25, -0.2) is 4.98 Å². The Morgan fingerprint density at radius 2 is 1.90 bits per heavy atom. The van der Waals surface area contributed by atoms with E-state index < -0.39 is 0 Å². The summed E-state index contributed by atoms with van der Waals surface area (Å²) in [4.78, 5) is 8.12. The maximum absolute atomic E-state index is 5.97. The predicted molar refractivity (Wildman–Crippen MR) is 83.8 cm³/mol. The maximum Gasteiger partial charge on any atom is 0.107 e. The average molecular weight is 265 g/mol. The number of fused-ring (bicyclic) bond motifs is 1. The molecule has 0 aliphatic rings. The van der Waals surface area contributed by atoms with Crippen LogP contribution in [0.1, 0.15) is 22.5 Å². The number of nitrogen functional groups attached to an aromatic ring is 1. The number of aromatic amines is 1. The number of anilines is 1. The molecule has 1 heterocycles. The number of aromatic nitrogens is 2. The van der Waals surface area contributed by atoms with Crippen molar-refractivity contribution in [3.8, 4) is 0 Å². The van der Waals surface area contributed by atoms with E-state index in [4.69, 9.17) is 10.7 Å². The Morgan fingerprint density at radius 1 is 1.10 bits per heavy atom. The number of hydrogen-bond acceptors (Lipinski definition) is 2. The van der Waals surface area contributed by atoms with Crippen LogP contribution in [-0.4, -0.2) is 9.97 Å². The average Bonchev–Trinajstić information content (AvgIpc) is 2.81. The van der Waals surface area contributed by atoms with E-state index >= 15 is 0 Å². The predicted octanol–water partition coefficient (Wildman–Crippen LogP) is 3.55. The van der Waals surface area contributed by atoms with E-state index in [1.54, 1.807) is 0 Å². The minimum atomic E-state index is 0.857. The van der Waals surface area contributed by atoms with E-state index in [2.05, 4.69) is 37.0 Å². The molecule has 20 heavy (non-hydrogen) atoms. The van der Waals surface area contributed by atoms with E-state index in [-0.39, 0.29) is 0 Å². The zero-order valence-corrected chi connectivity index (χ0v) is 11.9. The van der Waals surface area contributed by atoms with Gasteiger partial charge >= 0.3 is 0 Å². The third-order valence-corrected chi connectivity index (χ3v) is 3.66. The number of imidazole rings is 1. The second-order valence-corrected chi connectivity index (χ2v) is 5.36. The van der Waals surface area contributed by atoms with Crippen molar-refractivity contribution in [3.05, 3.63) is 58.9 Å². The number of aryl methyl sites for hydroxylation is 4. The first-order valence-corrected chi connectivity index (χ1v) is 6.93. The maximum atomic E-state index is 5.97. The van der Waals surface area contributed by atoms with Gasteiger partial charge in [-0.2, -0.15) is 0 Å². The first kappa shape index (κ1) is 12.7. The molecule has 0 saturated carbocycles. The molecule has 3 aromatic rings. The molecule has 3 N–H and O–H groups in total. The first-order chi connectivity index (χ1) is 9.63. The molecule has 0 radical (unpaired) electrons. The number of rotatable bonds is 3. The Kier molecular flexibility index (Phi) is 3.18. The third kappa shape index (κ3) is 2.39. The van der Waals surface area contributed by atoms with Gasteiger partial charge in [0.15, 0.2) is 0 Å². The standard InChI is InChI=1S/C17H19N3/c1-11-9-12(2)17-15(10-11)19-16(20-17)8-7-13-5-3-4-6-14(13)18/h3-6,9-10H,7-8,18H2,1-2H3,(H,19,20). The summed E-state index contributed by atoms with van der Waals surface area (Å²) < 4.78 is 0. The molecule has 0 saturated heterocycles. The summed E-state index contributed by atoms with van der Waals surface area (Å²) in [6, 6.07) is 12.3. The van der Waals surface area contributed by atoms with Gasteiger partial charge in [0.05, 0.1) is 11.0 Å². The molecule has 2 aromatic carbocycles. The van der Waals surface area contributed by atoms with Gasteiger partial charge in [-0.3, -0.25) is 0 Å². The smallest absolute Gasteiger partial charge is 0.107 e. The molecule has 0 atom stereocenters. The van der Waals surface area contributed by atoms with Crippen LogP contribution in [0.15, 0.2) is 36.4 Å². The number of para-hydroxylation sites is 1. The summed E-state index contributed by atoms with van der Waals surface area (Å²) >= 11 is 0. The topological polar surface area (TPSA) is 54.7 Å². The Labute approximate surface area is 118 Å². The van der Waals surface area contributed by atoms with Crippen molar-refractivity contribution in [2.45, 2.75) is 26.7 Å². The molecule has 0 aliphatic carbocycles. The Morgan fingerprint density at radius 3 is 2.70 bits per heavy atom. The zero-order chi connectivity index (χ0) is 14.1. The molecule has 0 fully saturated rings. The van der Waals surface area contributed by atoms with Crippen LogP contribution in [0, 0.1) is 13.8 Å². The highest BCUT2D eigenvalue weighted by Crippen LogP contribution is 2.19. The number of nitrogens with two attached hydrogens (primary N) is 1. The van der Waals surface area contributed by atoms with Crippen molar-refractivity contribution in [2.75, 3.05) is 5.73 Å². The lowest BCUT2D eigenvalue weighted by molar-refractivity contribution is 0.892. The Hall–Kier alpha value is -2.29. The lowest BCUT2D eigenvalue weighted by atomic mass is 10.1. The van der Waals surface area contributed by atoms with Gasteiger partial charge in [-0.05, 0) is 49.1 Å². The van der Waals surface area contributed by atoms with Gasteiger partial charge in [-0.1, -0.05) is 24.3 Å². The second-order valence-electron chi connectivity index (χ2n) is 5.36. The number of nitrogens with one attached hydrogen (secondary N) is 1. The van der Waals surface area contributed by atoms with Crippen molar-refractivity contribution < 1.29 is 0 Å². The molecule has 102 valence electrons. The number of hydrogen-bond donors (Lipinski definition) is 2. The first-order valence-electron chi connectivity index (χ1n) is 6.93. The normalized spacial score (nSPS) is 11.1. The van der Waals surface area contributed by atoms with Gasteiger partial charge in [0.1, 0.15) is 5.82 Å². The van der Waals surface area contributed by atoms with E-state index in [0.717, 1.165) is 35.4 Å². The lowest BCUT2D eigenvalue weighted by Crippen LogP contribution is -1.97. The summed E-state index contributed by atoms with van der Waals surface area (Å²) in [6.07, 6.45) is 1.78. The highest BCUT2D eigenvalue weighted by atomic mass is 14.9. The van der Waals surface area contributed by atoms with Crippen LogP contribution in [0.3, 0.4) is 0 Å². The molecule has 0 aliphatic heterocycles. The summed E-state index contributed by atoms with van der Waals surface area (Å²) in [7, 11) is 0. The monoisotopic (exact) mass is 265 g/mol. The fourth-order valence-electron chi connectivity index (χ4n) is 2.66. The molecule has 3 nitrogen and oxygen atoms in total. The molecular weight excluding hydrogens is 246 g/mol.